The van der Waals surface area contributed by atoms with Gasteiger partial charge in [-0.05, 0) is 24.1 Å². The summed E-state index contributed by atoms with van der Waals surface area (Å²) < 4.78 is 0. The number of nitrogens with zero attached hydrogens (tertiary/aromatic N) is 2. The monoisotopic (exact) mass is 382 g/mol. The molecule has 4 rings (SSSR count). The molecule has 25 heavy (non-hydrogen) atoms. The summed E-state index contributed by atoms with van der Waals surface area (Å²) in [5, 5.41) is 2.17. The Balaban J connectivity index is 1.61. The first-order valence-corrected chi connectivity index (χ1v) is 10.1. The Hall–Kier alpha value is -1.88. The average Bonchev–Trinajstić information content (AvgIpc) is 3.07. The number of halogens is 1. The van der Waals surface area contributed by atoms with E-state index in [-0.39, 0.29) is 0 Å². The van der Waals surface area contributed by atoms with Crippen LogP contribution < -0.4 is 0 Å². The van der Waals surface area contributed by atoms with Crippen molar-refractivity contribution >= 4 is 44.9 Å². The minimum atomic E-state index is 0.523. The Morgan fingerprint density at radius 3 is 2.52 bits per heavy atom. The lowest BCUT2D eigenvalue weighted by Crippen LogP contribution is -1.88. The highest BCUT2D eigenvalue weighted by atomic mass is 35.5. The zero-order chi connectivity index (χ0) is 17.2. The molecule has 0 saturated heterocycles. The van der Waals surface area contributed by atoms with Crippen molar-refractivity contribution < 1.29 is 0 Å². The Bertz CT molecular complexity index is 1010. The molecule has 2 aromatic carbocycles. The lowest BCUT2D eigenvalue weighted by molar-refractivity contribution is 1.01. The highest BCUT2D eigenvalue weighted by molar-refractivity contribution is 7.98. The number of benzene rings is 2. The molecule has 2 heterocycles. The lowest BCUT2D eigenvalue weighted by Gasteiger charge is -2.02. The molecule has 2 aromatic heterocycles. The number of hydrogen-bond acceptors (Lipinski definition) is 4. The molecule has 0 N–H and O–H groups in total. The molecular formula is C20H15ClN2S2. The molecule has 0 aliphatic carbocycles. The van der Waals surface area contributed by atoms with Gasteiger partial charge in [-0.3, -0.25) is 0 Å². The van der Waals surface area contributed by atoms with Crippen LogP contribution in [0.4, 0.5) is 0 Å². The molecule has 5 heteroatoms. The quantitative estimate of drug-likeness (QED) is 0.225. The maximum atomic E-state index is 6.41. The van der Waals surface area contributed by atoms with Crippen molar-refractivity contribution in [2.75, 3.05) is 0 Å². The highest BCUT2D eigenvalue weighted by Crippen LogP contribution is 2.36. The van der Waals surface area contributed by atoms with Crippen LogP contribution in [0.25, 0.3) is 20.7 Å². The highest BCUT2D eigenvalue weighted by Gasteiger charge is 2.12. The third-order valence-electron chi connectivity index (χ3n) is 3.87. The summed E-state index contributed by atoms with van der Waals surface area (Å²) >= 11 is 9.67. The van der Waals surface area contributed by atoms with E-state index in [2.05, 4.69) is 54.4 Å². The molecule has 0 radical (unpaired) electrons. The number of fused-ring (bicyclic) bond motifs is 1. The average molecular weight is 383 g/mol. The van der Waals surface area contributed by atoms with Gasteiger partial charge < -0.3 is 0 Å². The zero-order valence-corrected chi connectivity index (χ0v) is 16.0. The van der Waals surface area contributed by atoms with E-state index in [4.69, 9.17) is 16.6 Å². The van der Waals surface area contributed by atoms with Crippen molar-refractivity contribution in [2.24, 2.45) is 0 Å². The molecule has 0 saturated carbocycles. The van der Waals surface area contributed by atoms with Gasteiger partial charge in [0.15, 0.2) is 5.16 Å². The van der Waals surface area contributed by atoms with Gasteiger partial charge in [-0.25, -0.2) is 9.97 Å². The summed E-state index contributed by atoms with van der Waals surface area (Å²) in [5.41, 5.74) is 3.70. The van der Waals surface area contributed by atoms with Crippen LogP contribution in [0, 0.1) is 6.92 Å². The molecule has 0 aliphatic heterocycles. The standard InChI is InChI=1S/C20H15ClN2S2/c1-13-7-9-14(10-8-13)12-24-20-22-18(21)16-11-17(25-19(16)23-20)15-5-3-2-4-6-15/h2-11H,12H2,1H3. The van der Waals surface area contributed by atoms with Gasteiger partial charge in [0.05, 0.1) is 0 Å². The smallest absolute Gasteiger partial charge is 0.190 e. The third kappa shape index (κ3) is 3.71. The summed E-state index contributed by atoms with van der Waals surface area (Å²) in [6, 6.07) is 20.9. The molecule has 0 fully saturated rings. The summed E-state index contributed by atoms with van der Waals surface area (Å²) in [4.78, 5) is 11.3. The van der Waals surface area contributed by atoms with Gasteiger partial charge in [0.1, 0.15) is 9.98 Å². The maximum absolute atomic E-state index is 6.41. The summed E-state index contributed by atoms with van der Waals surface area (Å²) in [5.74, 6) is 0.832. The third-order valence-corrected chi connectivity index (χ3v) is 6.16. The van der Waals surface area contributed by atoms with Crippen LogP contribution in [-0.4, -0.2) is 9.97 Å². The second-order valence-corrected chi connectivity index (χ2v) is 8.10. The first-order valence-electron chi connectivity index (χ1n) is 7.90. The minimum absolute atomic E-state index is 0.523. The SMILES string of the molecule is Cc1ccc(CSc2nc(Cl)c3cc(-c4ccccc4)sc3n2)cc1. The Morgan fingerprint density at radius 1 is 1.00 bits per heavy atom. The van der Waals surface area contributed by atoms with Gasteiger partial charge in [-0.2, -0.15) is 0 Å². The van der Waals surface area contributed by atoms with Crippen molar-refractivity contribution in [3.63, 3.8) is 0 Å². The van der Waals surface area contributed by atoms with Crippen LogP contribution in [0.15, 0.2) is 65.8 Å². The summed E-state index contributed by atoms with van der Waals surface area (Å²) in [7, 11) is 0. The van der Waals surface area contributed by atoms with E-state index < -0.39 is 0 Å². The first kappa shape index (κ1) is 16.6. The van der Waals surface area contributed by atoms with Crippen molar-refractivity contribution in [3.8, 4) is 10.4 Å². The Kier molecular flexibility index (Phi) is 4.75. The van der Waals surface area contributed by atoms with Crippen LogP contribution in [0.1, 0.15) is 11.1 Å². The maximum Gasteiger partial charge on any atom is 0.190 e. The van der Waals surface area contributed by atoms with Gasteiger partial charge in [-0.1, -0.05) is 83.5 Å². The van der Waals surface area contributed by atoms with Gasteiger partial charge in [0.2, 0.25) is 0 Å². The molecule has 0 atom stereocenters. The molecule has 0 aliphatic rings. The predicted molar refractivity (Wildman–Crippen MR) is 109 cm³/mol. The van der Waals surface area contributed by atoms with E-state index >= 15 is 0 Å². The fraction of sp³-hybridized carbons (Fsp3) is 0.100. The minimum Gasteiger partial charge on any atom is -0.211 e. The number of hydrogen-bond donors (Lipinski definition) is 0. The molecule has 0 amide bonds. The molecule has 0 unspecified atom stereocenters. The van der Waals surface area contributed by atoms with E-state index in [1.165, 1.54) is 16.7 Å². The second kappa shape index (κ2) is 7.16. The number of aryl methyl sites for hydroxylation is 1. The van der Waals surface area contributed by atoms with Crippen LogP contribution in [-0.2, 0) is 5.75 Å². The van der Waals surface area contributed by atoms with E-state index in [0.717, 1.165) is 26.0 Å². The molecule has 0 spiro atoms. The van der Waals surface area contributed by atoms with E-state index in [0.29, 0.717) is 5.15 Å². The number of aromatic nitrogens is 2. The van der Waals surface area contributed by atoms with E-state index in [1.807, 2.05) is 18.2 Å². The molecular weight excluding hydrogens is 368 g/mol. The molecule has 2 nitrogen and oxygen atoms in total. The van der Waals surface area contributed by atoms with Crippen molar-refractivity contribution in [1.82, 2.24) is 9.97 Å². The largest absolute Gasteiger partial charge is 0.211 e. The molecule has 124 valence electrons. The van der Waals surface area contributed by atoms with E-state index in [9.17, 15) is 0 Å². The van der Waals surface area contributed by atoms with Crippen LogP contribution in [0.3, 0.4) is 0 Å². The summed E-state index contributed by atoms with van der Waals surface area (Å²) in [6.07, 6.45) is 0. The van der Waals surface area contributed by atoms with Gasteiger partial charge in [0, 0.05) is 16.0 Å². The van der Waals surface area contributed by atoms with E-state index in [1.54, 1.807) is 23.1 Å². The fourth-order valence-corrected chi connectivity index (χ4v) is 4.73. The van der Waals surface area contributed by atoms with Gasteiger partial charge in [0.25, 0.3) is 0 Å². The Labute approximate surface area is 159 Å². The zero-order valence-electron chi connectivity index (χ0n) is 13.6. The van der Waals surface area contributed by atoms with Crippen LogP contribution in [0.2, 0.25) is 5.15 Å². The van der Waals surface area contributed by atoms with Crippen LogP contribution in [0.5, 0.6) is 0 Å². The fourth-order valence-electron chi connectivity index (χ4n) is 2.51. The number of rotatable bonds is 4. The van der Waals surface area contributed by atoms with Gasteiger partial charge >= 0.3 is 0 Å². The second-order valence-electron chi connectivity index (χ2n) is 5.77. The Morgan fingerprint density at radius 2 is 1.76 bits per heavy atom. The normalized spacial score (nSPS) is 11.1. The summed E-state index contributed by atoms with van der Waals surface area (Å²) in [6.45, 7) is 2.09. The van der Waals surface area contributed by atoms with Crippen molar-refractivity contribution in [3.05, 3.63) is 76.9 Å². The lowest BCUT2D eigenvalue weighted by atomic mass is 10.2. The molecule has 0 bridgehead atoms. The predicted octanol–water partition coefficient (Wildman–Crippen LogP) is 6.61. The number of thioether (sulfide) groups is 1. The topological polar surface area (TPSA) is 25.8 Å². The first-order chi connectivity index (χ1) is 12.2. The van der Waals surface area contributed by atoms with Gasteiger partial charge in [-0.15, -0.1) is 11.3 Å². The van der Waals surface area contributed by atoms with Crippen molar-refractivity contribution in [2.45, 2.75) is 17.8 Å². The van der Waals surface area contributed by atoms with Crippen LogP contribution >= 0.6 is 34.7 Å². The van der Waals surface area contributed by atoms with Crippen molar-refractivity contribution in [1.29, 1.82) is 0 Å². The molecule has 4 aromatic rings. The number of thiophene rings is 1.